The normalized spacial score (nSPS) is 11.0. The number of hydrogen-bond donors (Lipinski definition) is 2. The highest BCUT2D eigenvalue weighted by atomic mass is 16.7. The number of nitrogens with two attached hydrogens (primary N) is 2. The Morgan fingerprint density at radius 2 is 1.07 bits per heavy atom. The topological polar surface area (TPSA) is 105 Å². The van der Waals surface area contributed by atoms with E-state index in [0.29, 0.717) is 37.1 Å². The van der Waals surface area contributed by atoms with Gasteiger partial charge in [0.2, 0.25) is 0 Å². The fourth-order valence-corrected chi connectivity index (χ4v) is 2.65. The van der Waals surface area contributed by atoms with Crippen molar-refractivity contribution in [2.75, 3.05) is 13.1 Å². The van der Waals surface area contributed by atoms with Crippen molar-refractivity contribution >= 4 is 11.9 Å². The van der Waals surface area contributed by atoms with E-state index >= 15 is 0 Å². The summed E-state index contributed by atoms with van der Waals surface area (Å²) in [5.74, 6) is -2.63. The Balaban J connectivity index is 2.47. The first kappa shape index (κ1) is 20.6. The van der Waals surface area contributed by atoms with Crippen LogP contribution in [0.5, 0.6) is 0 Å². The molecule has 6 nitrogen and oxygen atoms in total. The summed E-state index contributed by atoms with van der Waals surface area (Å²) >= 11 is 0. The van der Waals surface area contributed by atoms with Crippen molar-refractivity contribution in [3.63, 3.8) is 0 Å². The first-order valence-corrected chi connectivity index (χ1v) is 9.07. The molecule has 0 atom stereocenters. The molecule has 0 saturated heterocycles. The average molecular weight is 370 g/mol. The maximum absolute atomic E-state index is 12.5. The molecule has 0 bridgehead atoms. The second-order valence-electron chi connectivity index (χ2n) is 6.08. The maximum Gasteiger partial charge on any atom is 0.310 e. The number of ether oxygens (including phenoxy) is 2. The summed E-state index contributed by atoms with van der Waals surface area (Å²) in [5.41, 5.74) is 12.1. The zero-order valence-electron chi connectivity index (χ0n) is 15.3. The van der Waals surface area contributed by atoms with Gasteiger partial charge in [-0.2, -0.15) is 0 Å². The number of rotatable bonds is 10. The molecule has 0 aliphatic rings. The van der Waals surface area contributed by atoms with Gasteiger partial charge in [-0.05, 0) is 25.9 Å². The summed E-state index contributed by atoms with van der Waals surface area (Å²) in [7, 11) is 0. The Kier molecular flexibility index (Phi) is 7.98. The third-order valence-electron chi connectivity index (χ3n) is 3.99. The molecule has 2 aromatic carbocycles. The Morgan fingerprint density at radius 3 is 1.41 bits per heavy atom. The van der Waals surface area contributed by atoms with Crippen molar-refractivity contribution in [1.29, 1.82) is 0 Å². The molecular weight excluding hydrogens is 344 g/mol. The van der Waals surface area contributed by atoms with Crippen LogP contribution in [-0.2, 0) is 24.8 Å². The third-order valence-corrected chi connectivity index (χ3v) is 3.99. The molecule has 6 heteroatoms. The molecule has 27 heavy (non-hydrogen) atoms. The molecule has 0 amide bonds. The molecule has 0 aliphatic carbocycles. The van der Waals surface area contributed by atoms with Gasteiger partial charge in [-0.25, -0.2) is 0 Å². The van der Waals surface area contributed by atoms with E-state index in [9.17, 15) is 9.59 Å². The van der Waals surface area contributed by atoms with E-state index in [1.54, 1.807) is 48.5 Å². The van der Waals surface area contributed by atoms with E-state index in [4.69, 9.17) is 20.9 Å². The van der Waals surface area contributed by atoms with E-state index in [0.717, 1.165) is 0 Å². The Bertz CT molecular complexity index is 656. The minimum absolute atomic E-state index is 0.137. The van der Waals surface area contributed by atoms with E-state index in [2.05, 4.69) is 0 Å². The van der Waals surface area contributed by atoms with Crippen molar-refractivity contribution in [3.05, 3.63) is 71.8 Å². The van der Waals surface area contributed by atoms with E-state index in [-0.39, 0.29) is 12.8 Å². The lowest BCUT2D eigenvalue weighted by Crippen LogP contribution is -2.39. The SMILES string of the molecule is NCCCC(=O)OC(OC(=O)CCCN)(c1ccccc1)c1ccccc1. The standard InChI is InChI=1S/C21H26N2O4/c22-15-7-13-19(24)26-21(17-9-3-1-4-10-17,18-11-5-2-6-12-18)27-20(25)14-8-16-23/h1-6,9-12H,7-8,13-16,22-23H2. The minimum atomic E-state index is -1.65. The van der Waals surface area contributed by atoms with Crippen molar-refractivity contribution in [1.82, 2.24) is 0 Å². The van der Waals surface area contributed by atoms with Gasteiger partial charge in [0, 0.05) is 24.0 Å². The number of carbonyl (C=O) groups is 2. The van der Waals surface area contributed by atoms with Gasteiger partial charge in [-0.3, -0.25) is 9.59 Å². The first-order chi connectivity index (χ1) is 13.1. The van der Waals surface area contributed by atoms with Gasteiger partial charge < -0.3 is 20.9 Å². The van der Waals surface area contributed by atoms with Gasteiger partial charge in [0.1, 0.15) is 0 Å². The van der Waals surface area contributed by atoms with Gasteiger partial charge >= 0.3 is 17.7 Å². The molecule has 0 saturated carbocycles. The van der Waals surface area contributed by atoms with Crippen LogP contribution in [0.3, 0.4) is 0 Å². The van der Waals surface area contributed by atoms with Crippen molar-refractivity contribution in [2.45, 2.75) is 31.5 Å². The summed E-state index contributed by atoms with van der Waals surface area (Å²) < 4.78 is 11.6. The Morgan fingerprint density at radius 1 is 0.704 bits per heavy atom. The average Bonchev–Trinajstić information content (AvgIpc) is 2.71. The van der Waals surface area contributed by atoms with Gasteiger partial charge in [0.15, 0.2) is 0 Å². The molecule has 0 heterocycles. The van der Waals surface area contributed by atoms with E-state index < -0.39 is 17.7 Å². The van der Waals surface area contributed by atoms with Gasteiger partial charge in [-0.15, -0.1) is 0 Å². The minimum Gasteiger partial charge on any atom is -0.414 e. The molecular formula is C21H26N2O4. The highest BCUT2D eigenvalue weighted by molar-refractivity contribution is 5.73. The second-order valence-corrected chi connectivity index (χ2v) is 6.08. The highest BCUT2D eigenvalue weighted by Crippen LogP contribution is 2.36. The van der Waals surface area contributed by atoms with E-state index in [1.807, 2.05) is 12.1 Å². The number of benzene rings is 2. The predicted octanol–water partition coefficient (Wildman–Crippen LogP) is 2.45. The lowest BCUT2D eigenvalue weighted by atomic mass is 9.96. The van der Waals surface area contributed by atoms with E-state index in [1.165, 1.54) is 0 Å². The number of esters is 2. The Hall–Kier alpha value is -2.70. The molecule has 0 aromatic heterocycles. The quantitative estimate of drug-likeness (QED) is 0.492. The van der Waals surface area contributed by atoms with Crippen LogP contribution in [0.4, 0.5) is 0 Å². The fraction of sp³-hybridized carbons (Fsp3) is 0.333. The molecule has 144 valence electrons. The third kappa shape index (κ3) is 5.64. The molecule has 2 rings (SSSR count). The lowest BCUT2D eigenvalue weighted by Gasteiger charge is -2.33. The van der Waals surface area contributed by atoms with Crippen LogP contribution in [0.1, 0.15) is 36.8 Å². The van der Waals surface area contributed by atoms with Crippen LogP contribution in [-0.4, -0.2) is 25.0 Å². The smallest absolute Gasteiger partial charge is 0.310 e. The molecule has 2 aromatic rings. The summed E-state index contributed by atoms with van der Waals surface area (Å²) in [5, 5.41) is 0. The van der Waals surface area contributed by atoms with Crippen molar-refractivity contribution < 1.29 is 19.1 Å². The van der Waals surface area contributed by atoms with Gasteiger partial charge in [0.05, 0.1) is 0 Å². The van der Waals surface area contributed by atoms with Gasteiger partial charge in [-0.1, -0.05) is 60.7 Å². The highest BCUT2D eigenvalue weighted by Gasteiger charge is 2.42. The molecule has 0 aliphatic heterocycles. The Labute approximate surface area is 159 Å². The van der Waals surface area contributed by atoms with Crippen molar-refractivity contribution in [3.8, 4) is 0 Å². The second kappa shape index (κ2) is 10.4. The number of carbonyl (C=O) groups excluding carboxylic acids is 2. The van der Waals surface area contributed by atoms with Crippen molar-refractivity contribution in [2.24, 2.45) is 11.5 Å². The summed E-state index contributed by atoms with van der Waals surface area (Å²) in [6.45, 7) is 0.740. The molecule has 4 N–H and O–H groups in total. The van der Waals surface area contributed by atoms with Crippen LogP contribution in [0.25, 0.3) is 0 Å². The predicted molar refractivity (Wildman–Crippen MR) is 102 cm³/mol. The van der Waals surface area contributed by atoms with Crippen LogP contribution in [0, 0.1) is 0 Å². The molecule has 0 fully saturated rings. The zero-order chi connectivity index (χ0) is 19.5. The first-order valence-electron chi connectivity index (χ1n) is 9.07. The monoisotopic (exact) mass is 370 g/mol. The van der Waals surface area contributed by atoms with Crippen LogP contribution < -0.4 is 11.5 Å². The van der Waals surface area contributed by atoms with Crippen LogP contribution in [0.2, 0.25) is 0 Å². The van der Waals surface area contributed by atoms with Gasteiger partial charge in [0.25, 0.3) is 0 Å². The lowest BCUT2D eigenvalue weighted by molar-refractivity contribution is -0.219. The van der Waals surface area contributed by atoms with Crippen LogP contribution in [0.15, 0.2) is 60.7 Å². The zero-order valence-corrected chi connectivity index (χ0v) is 15.3. The summed E-state index contributed by atoms with van der Waals surface area (Å²) in [6.07, 6.45) is 1.25. The largest absolute Gasteiger partial charge is 0.414 e. The molecule has 0 radical (unpaired) electrons. The summed E-state index contributed by atoms with van der Waals surface area (Å²) in [6, 6.07) is 17.9. The fourth-order valence-electron chi connectivity index (χ4n) is 2.65. The molecule has 0 unspecified atom stereocenters. The number of hydrogen-bond acceptors (Lipinski definition) is 6. The maximum atomic E-state index is 12.5. The molecule has 0 spiro atoms. The summed E-state index contributed by atoms with van der Waals surface area (Å²) in [4.78, 5) is 24.9. The van der Waals surface area contributed by atoms with Crippen LogP contribution >= 0.6 is 0 Å².